The Hall–Kier alpha value is -0.260. The van der Waals surface area contributed by atoms with Gasteiger partial charge in [0.15, 0.2) is 0 Å². The molecule has 0 heterocycles. The number of hydrogen-bond acceptors (Lipinski definition) is 4. The van der Waals surface area contributed by atoms with Crippen LogP contribution in [-0.2, 0) is 0 Å². The van der Waals surface area contributed by atoms with Crippen molar-refractivity contribution in [2.24, 2.45) is 0 Å². The summed E-state index contributed by atoms with van der Waals surface area (Å²) >= 11 is 7.59. The van der Waals surface area contributed by atoms with Gasteiger partial charge < -0.3 is 15.5 Å². The Balaban J connectivity index is 2.56. The Morgan fingerprint density at radius 1 is 1.26 bits per heavy atom. The third-order valence-electron chi connectivity index (χ3n) is 2.94. The van der Waals surface area contributed by atoms with Gasteiger partial charge in [-0.2, -0.15) is 11.8 Å². The van der Waals surface area contributed by atoms with Gasteiger partial charge in [0.25, 0.3) is 0 Å². The molecule has 0 aliphatic rings. The maximum atomic E-state index is 9.52. The SMILES string of the molecule is CC[C@@H](CSCCO)NC(CO)c1ccc(Cl)cc1. The lowest BCUT2D eigenvalue weighted by Crippen LogP contribution is -2.36. The van der Waals surface area contributed by atoms with Gasteiger partial charge in [-0.3, -0.25) is 0 Å². The minimum absolute atomic E-state index is 0.0583. The van der Waals surface area contributed by atoms with Gasteiger partial charge in [-0.05, 0) is 24.1 Å². The summed E-state index contributed by atoms with van der Waals surface area (Å²) in [6.07, 6.45) is 0.989. The van der Waals surface area contributed by atoms with Crippen LogP contribution >= 0.6 is 23.4 Å². The van der Waals surface area contributed by atoms with Gasteiger partial charge in [-0.15, -0.1) is 0 Å². The maximum absolute atomic E-state index is 9.52. The third-order valence-corrected chi connectivity index (χ3v) is 4.30. The number of aliphatic hydroxyl groups is 2. The molecule has 1 aromatic rings. The molecule has 3 N–H and O–H groups in total. The van der Waals surface area contributed by atoms with Gasteiger partial charge in [0.05, 0.1) is 19.3 Å². The van der Waals surface area contributed by atoms with Gasteiger partial charge in [0.1, 0.15) is 0 Å². The van der Waals surface area contributed by atoms with Crippen LogP contribution in [0.3, 0.4) is 0 Å². The number of nitrogens with one attached hydrogen (secondary N) is 1. The summed E-state index contributed by atoms with van der Waals surface area (Å²) in [4.78, 5) is 0. The molecule has 3 nitrogen and oxygen atoms in total. The van der Waals surface area contributed by atoms with Crippen LogP contribution in [0.4, 0.5) is 0 Å². The molecule has 0 radical (unpaired) electrons. The fraction of sp³-hybridized carbons (Fsp3) is 0.571. The second-order valence-corrected chi connectivity index (χ2v) is 5.94. The maximum Gasteiger partial charge on any atom is 0.0626 e. The van der Waals surface area contributed by atoms with Gasteiger partial charge in [0.2, 0.25) is 0 Å². The number of thioether (sulfide) groups is 1. The van der Waals surface area contributed by atoms with E-state index in [1.807, 2.05) is 24.3 Å². The molecule has 0 aliphatic heterocycles. The largest absolute Gasteiger partial charge is 0.396 e. The Labute approximate surface area is 124 Å². The van der Waals surface area contributed by atoms with E-state index in [-0.39, 0.29) is 19.3 Å². The fourth-order valence-corrected chi connectivity index (χ4v) is 2.85. The molecule has 1 rings (SSSR count). The number of rotatable bonds is 9. The lowest BCUT2D eigenvalue weighted by Gasteiger charge is -2.24. The number of hydrogen-bond donors (Lipinski definition) is 3. The average Bonchev–Trinajstić information content (AvgIpc) is 2.44. The summed E-state index contributed by atoms with van der Waals surface area (Å²) < 4.78 is 0. The molecule has 0 aliphatic carbocycles. The molecule has 1 aromatic carbocycles. The third kappa shape index (κ3) is 6.15. The van der Waals surface area contributed by atoms with Crippen molar-refractivity contribution >= 4 is 23.4 Å². The van der Waals surface area contributed by atoms with Crippen molar-refractivity contribution in [3.05, 3.63) is 34.9 Å². The smallest absolute Gasteiger partial charge is 0.0626 e. The number of halogens is 1. The van der Waals surface area contributed by atoms with E-state index in [0.29, 0.717) is 11.1 Å². The van der Waals surface area contributed by atoms with Gasteiger partial charge in [-0.1, -0.05) is 30.7 Å². The van der Waals surface area contributed by atoms with Crippen molar-refractivity contribution in [2.45, 2.75) is 25.4 Å². The first-order chi connectivity index (χ1) is 9.21. The predicted molar refractivity (Wildman–Crippen MR) is 82.9 cm³/mol. The first-order valence-corrected chi connectivity index (χ1v) is 8.05. The van der Waals surface area contributed by atoms with Crippen molar-refractivity contribution in [3.63, 3.8) is 0 Å². The van der Waals surface area contributed by atoms with Crippen molar-refractivity contribution in [3.8, 4) is 0 Å². The quantitative estimate of drug-likeness (QED) is 0.614. The molecule has 0 fully saturated rings. The highest BCUT2D eigenvalue weighted by atomic mass is 35.5. The highest BCUT2D eigenvalue weighted by Gasteiger charge is 2.15. The Morgan fingerprint density at radius 3 is 2.47 bits per heavy atom. The standard InChI is InChI=1S/C14H22ClNO2S/c1-2-13(10-19-8-7-17)16-14(9-18)11-3-5-12(15)6-4-11/h3-6,13-14,16-18H,2,7-10H2,1H3/t13-,14?/m0/s1. The van der Waals surface area contributed by atoms with Crippen molar-refractivity contribution < 1.29 is 10.2 Å². The zero-order valence-corrected chi connectivity index (χ0v) is 12.8. The van der Waals surface area contributed by atoms with Crippen molar-refractivity contribution in [1.82, 2.24) is 5.32 Å². The van der Waals surface area contributed by atoms with Crippen LogP contribution in [-0.4, -0.2) is 41.0 Å². The van der Waals surface area contributed by atoms with E-state index in [2.05, 4.69) is 12.2 Å². The van der Waals surface area contributed by atoms with E-state index in [0.717, 1.165) is 23.5 Å². The summed E-state index contributed by atoms with van der Waals surface area (Å²) in [6.45, 7) is 2.39. The summed E-state index contributed by atoms with van der Waals surface area (Å²) in [5, 5.41) is 22.5. The molecule has 19 heavy (non-hydrogen) atoms. The van der Waals surface area contributed by atoms with Crippen LogP contribution in [0.1, 0.15) is 24.9 Å². The van der Waals surface area contributed by atoms with Crippen molar-refractivity contribution in [2.75, 3.05) is 24.7 Å². The van der Waals surface area contributed by atoms with Gasteiger partial charge in [0, 0.05) is 22.6 Å². The van der Waals surface area contributed by atoms with Crippen LogP contribution < -0.4 is 5.32 Å². The highest BCUT2D eigenvalue weighted by molar-refractivity contribution is 7.99. The molecule has 5 heteroatoms. The van der Waals surface area contributed by atoms with E-state index in [9.17, 15) is 5.11 Å². The monoisotopic (exact) mass is 303 g/mol. The molecular formula is C14H22ClNO2S. The number of benzene rings is 1. The lowest BCUT2D eigenvalue weighted by atomic mass is 10.1. The minimum atomic E-state index is -0.0723. The van der Waals surface area contributed by atoms with Crippen LogP contribution in [0.25, 0.3) is 0 Å². The summed E-state index contributed by atoms with van der Waals surface area (Å²) in [7, 11) is 0. The zero-order chi connectivity index (χ0) is 14.1. The van der Waals surface area contributed by atoms with E-state index < -0.39 is 0 Å². The molecule has 0 saturated carbocycles. The second-order valence-electron chi connectivity index (χ2n) is 4.36. The fourth-order valence-electron chi connectivity index (χ4n) is 1.81. The highest BCUT2D eigenvalue weighted by Crippen LogP contribution is 2.18. The summed E-state index contributed by atoms with van der Waals surface area (Å²) in [5.74, 6) is 1.68. The van der Waals surface area contributed by atoms with E-state index in [4.69, 9.17) is 16.7 Å². The van der Waals surface area contributed by atoms with Crippen LogP contribution in [0.15, 0.2) is 24.3 Å². The molecule has 1 unspecified atom stereocenters. The topological polar surface area (TPSA) is 52.5 Å². The molecule has 0 spiro atoms. The first-order valence-electron chi connectivity index (χ1n) is 6.52. The molecular weight excluding hydrogens is 282 g/mol. The predicted octanol–water partition coefficient (Wildman–Crippen LogP) is 2.47. The zero-order valence-electron chi connectivity index (χ0n) is 11.2. The van der Waals surface area contributed by atoms with Crippen molar-refractivity contribution in [1.29, 1.82) is 0 Å². The lowest BCUT2D eigenvalue weighted by molar-refractivity contribution is 0.234. The Kier molecular flexibility index (Phi) is 8.50. The molecule has 108 valence electrons. The van der Waals surface area contributed by atoms with Gasteiger partial charge in [-0.25, -0.2) is 0 Å². The average molecular weight is 304 g/mol. The summed E-state index contributed by atoms with van der Waals surface area (Å²) in [6, 6.07) is 7.79. The molecule has 0 bridgehead atoms. The molecule has 0 aromatic heterocycles. The van der Waals surface area contributed by atoms with Crippen LogP contribution in [0.2, 0.25) is 5.02 Å². The van der Waals surface area contributed by atoms with Gasteiger partial charge >= 0.3 is 0 Å². The van der Waals surface area contributed by atoms with Crippen LogP contribution in [0.5, 0.6) is 0 Å². The van der Waals surface area contributed by atoms with E-state index in [1.54, 1.807) is 11.8 Å². The molecule has 0 amide bonds. The Morgan fingerprint density at radius 2 is 1.95 bits per heavy atom. The summed E-state index contributed by atoms with van der Waals surface area (Å²) in [5.41, 5.74) is 1.04. The van der Waals surface area contributed by atoms with Crippen LogP contribution in [0, 0.1) is 0 Å². The van der Waals surface area contributed by atoms with E-state index in [1.165, 1.54) is 0 Å². The normalized spacial score (nSPS) is 14.3. The first kappa shape index (κ1) is 16.8. The minimum Gasteiger partial charge on any atom is -0.396 e. The molecule has 0 saturated heterocycles. The van der Waals surface area contributed by atoms with E-state index >= 15 is 0 Å². The second kappa shape index (κ2) is 9.61. The number of aliphatic hydroxyl groups excluding tert-OH is 2. The molecule has 2 atom stereocenters. The Bertz CT molecular complexity index is 348.